The minimum absolute atomic E-state index is 0.218. The quantitative estimate of drug-likeness (QED) is 0.753. The Hall–Kier alpha value is -2.92. The molecule has 25 heavy (non-hydrogen) atoms. The number of anilines is 3. The van der Waals surface area contributed by atoms with Crippen LogP contribution >= 0.6 is 11.6 Å². The SMILES string of the molecule is Cc1c(Cl)cccc1Nc1ccc(C(=O)N(C)c2ccccc2)nn1. The van der Waals surface area contributed by atoms with Gasteiger partial charge in [-0.1, -0.05) is 35.9 Å². The van der Waals surface area contributed by atoms with E-state index >= 15 is 0 Å². The molecule has 0 aliphatic carbocycles. The van der Waals surface area contributed by atoms with E-state index < -0.39 is 0 Å². The molecule has 0 unspecified atom stereocenters. The minimum atomic E-state index is -0.218. The van der Waals surface area contributed by atoms with Gasteiger partial charge in [-0.2, -0.15) is 0 Å². The number of benzene rings is 2. The average molecular weight is 353 g/mol. The fourth-order valence-corrected chi connectivity index (χ4v) is 2.51. The summed E-state index contributed by atoms with van der Waals surface area (Å²) in [6.45, 7) is 1.92. The largest absolute Gasteiger partial charge is 0.338 e. The third-order valence-electron chi connectivity index (χ3n) is 3.86. The number of carbonyl (C=O) groups excluding carboxylic acids is 1. The molecule has 0 spiro atoms. The Morgan fingerprint density at radius 1 is 1.00 bits per heavy atom. The summed E-state index contributed by atoms with van der Waals surface area (Å²) >= 11 is 6.11. The van der Waals surface area contributed by atoms with Gasteiger partial charge in [-0.25, -0.2) is 0 Å². The van der Waals surface area contributed by atoms with E-state index in [2.05, 4.69) is 15.5 Å². The summed E-state index contributed by atoms with van der Waals surface area (Å²) in [6, 6.07) is 18.4. The van der Waals surface area contributed by atoms with Gasteiger partial charge in [0.05, 0.1) is 0 Å². The van der Waals surface area contributed by atoms with Crippen molar-refractivity contribution < 1.29 is 4.79 Å². The molecule has 0 saturated carbocycles. The summed E-state index contributed by atoms with van der Waals surface area (Å²) < 4.78 is 0. The number of halogens is 1. The highest BCUT2D eigenvalue weighted by atomic mass is 35.5. The maximum atomic E-state index is 12.5. The van der Waals surface area contributed by atoms with Crippen molar-refractivity contribution >= 4 is 34.7 Å². The molecule has 0 radical (unpaired) electrons. The molecular weight excluding hydrogens is 336 g/mol. The van der Waals surface area contributed by atoms with Gasteiger partial charge < -0.3 is 10.2 Å². The van der Waals surface area contributed by atoms with E-state index in [9.17, 15) is 4.79 Å². The van der Waals surface area contributed by atoms with Crippen molar-refractivity contribution in [2.24, 2.45) is 0 Å². The monoisotopic (exact) mass is 352 g/mol. The first kappa shape index (κ1) is 16.9. The highest BCUT2D eigenvalue weighted by Crippen LogP contribution is 2.25. The van der Waals surface area contributed by atoms with Crippen LogP contribution in [0.5, 0.6) is 0 Å². The van der Waals surface area contributed by atoms with Gasteiger partial charge in [0.25, 0.3) is 5.91 Å². The predicted octanol–water partition coefficient (Wildman–Crippen LogP) is 4.46. The lowest BCUT2D eigenvalue weighted by atomic mass is 10.2. The predicted molar refractivity (Wildman–Crippen MR) is 101 cm³/mol. The first-order chi connectivity index (χ1) is 12.1. The first-order valence-corrected chi connectivity index (χ1v) is 8.13. The van der Waals surface area contributed by atoms with Crippen LogP contribution in [-0.4, -0.2) is 23.2 Å². The second kappa shape index (κ2) is 7.32. The molecule has 3 aromatic rings. The smallest absolute Gasteiger partial charge is 0.278 e. The van der Waals surface area contributed by atoms with Crippen molar-refractivity contribution in [1.29, 1.82) is 0 Å². The summed E-state index contributed by atoms with van der Waals surface area (Å²) in [6.07, 6.45) is 0. The Kier molecular flexibility index (Phi) is 4.95. The lowest BCUT2D eigenvalue weighted by Crippen LogP contribution is -2.27. The van der Waals surface area contributed by atoms with E-state index in [0.717, 1.165) is 16.9 Å². The van der Waals surface area contributed by atoms with Crippen LogP contribution in [-0.2, 0) is 0 Å². The number of hydrogen-bond donors (Lipinski definition) is 1. The second-order valence-electron chi connectivity index (χ2n) is 5.54. The van der Waals surface area contributed by atoms with E-state index in [1.165, 1.54) is 4.90 Å². The Morgan fingerprint density at radius 2 is 1.76 bits per heavy atom. The lowest BCUT2D eigenvalue weighted by molar-refractivity contribution is 0.0987. The second-order valence-corrected chi connectivity index (χ2v) is 5.95. The maximum absolute atomic E-state index is 12.5. The Morgan fingerprint density at radius 3 is 2.44 bits per heavy atom. The van der Waals surface area contributed by atoms with Gasteiger partial charge in [0, 0.05) is 23.4 Å². The number of rotatable bonds is 4. The summed E-state index contributed by atoms with van der Waals surface area (Å²) in [5.74, 6) is 0.327. The van der Waals surface area contributed by atoms with Crippen LogP contribution in [0.4, 0.5) is 17.2 Å². The van der Waals surface area contributed by atoms with Crippen LogP contribution in [0.15, 0.2) is 60.7 Å². The van der Waals surface area contributed by atoms with Crippen LogP contribution < -0.4 is 10.2 Å². The van der Waals surface area contributed by atoms with Crippen molar-refractivity contribution in [3.05, 3.63) is 76.9 Å². The highest BCUT2D eigenvalue weighted by molar-refractivity contribution is 6.31. The zero-order chi connectivity index (χ0) is 17.8. The molecule has 0 atom stereocenters. The van der Waals surface area contributed by atoms with Crippen LogP contribution in [0.2, 0.25) is 5.02 Å². The molecule has 6 heteroatoms. The standard InChI is InChI=1S/C19H17ClN4O/c1-13-15(20)9-6-10-16(13)21-18-12-11-17(22-23-18)19(25)24(2)14-7-4-3-5-8-14/h3-12H,1-2H3,(H,21,23). The normalized spacial score (nSPS) is 10.4. The molecule has 1 aromatic heterocycles. The summed E-state index contributed by atoms with van der Waals surface area (Å²) in [7, 11) is 1.71. The lowest BCUT2D eigenvalue weighted by Gasteiger charge is -2.16. The fraction of sp³-hybridized carbons (Fsp3) is 0.105. The summed E-state index contributed by atoms with van der Waals surface area (Å²) in [4.78, 5) is 14.0. The maximum Gasteiger partial charge on any atom is 0.278 e. The molecule has 0 aliphatic heterocycles. The number of hydrogen-bond acceptors (Lipinski definition) is 4. The van der Waals surface area contributed by atoms with Gasteiger partial charge in [0.2, 0.25) is 0 Å². The number of para-hydroxylation sites is 1. The van der Waals surface area contributed by atoms with Gasteiger partial charge in [-0.15, -0.1) is 10.2 Å². The Bertz CT molecular complexity index is 882. The molecule has 0 bridgehead atoms. The highest BCUT2D eigenvalue weighted by Gasteiger charge is 2.15. The summed E-state index contributed by atoms with van der Waals surface area (Å²) in [5.41, 5.74) is 2.85. The molecule has 5 nitrogen and oxygen atoms in total. The number of aromatic nitrogens is 2. The van der Waals surface area contributed by atoms with Gasteiger partial charge in [-0.3, -0.25) is 4.79 Å². The van der Waals surface area contributed by atoms with Crippen LogP contribution in [0.3, 0.4) is 0 Å². The third kappa shape index (κ3) is 3.78. The average Bonchev–Trinajstić information content (AvgIpc) is 2.65. The van der Waals surface area contributed by atoms with Crippen LogP contribution in [0, 0.1) is 6.92 Å². The fourth-order valence-electron chi connectivity index (χ4n) is 2.33. The molecule has 2 aromatic carbocycles. The van der Waals surface area contributed by atoms with Crippen molar-refractivity contribution in [3.63, 3.8) is 0 Å². The Labute approximate surface area is 151 Å². The zero-order valence-corrected chi connectivity index (χ0v) is 14.7. The first-order valence-electron chi connectivity index (χ1n) is 7.75. The van der Waals surface area contributed by atoms with Crippen molar-refractivity contribution in [2.75, 3.05) is 17.3 Å². The van der Waals surface area contributed by atoms with Gasteiger partial charge in [-0.05, 0) is 48.9 Å². The zero-order valence-electron chi connectivity index (χ0n) is 13.9. The van der Waals surface area contributed by atoms with E-state index in [1.54, 1.807) is 19.2 Å². The summed E-state index contributed by atoms with van der Waals surface area (Å²) in [5, 5.41) is 12.0. The van der Waals surface area contributed by atoms with E-state index in [4.69, 9.17) is 11.6 Å². The van der Waals surface area contributed by atoms with Crippen LogP contribution in [0.25, 0.3) is 0 Å². The van der Waals surface area contributed by atoms with E-state index in [-0.39, 0.29) is 11.6 Å². The molecule has 0 aliphatic rings. The molecule has 0 fully saturated rings. The molecule has 3 rings (SSSR count). The van der Waals surface area contributed by atoms with E-state index in [1.807, 2.05) is 55.5 Å². The van der Waals surface area contributed by atoms with Crippen molar-refractivity contribution in [1.82, 2.24) is 10.2 Å². The van der Waals surface area contributed by atoms with E-state index in [0.29, 0.717) is 10.8 Å². The molecule has 126 valence electrons. The van der Waals surface area contributed by atoms with Gasteiger partial charge in [0.15, 0.2) is 11.5 Å². The molecule has 1 heterocycles. The third-order valence-corrected chi connectivity index (χ3v) is 4.27. The van der Waals surface area contributed by atoms with Crippen molar-refractivity contribution in [2.45, 2.75) is 6.92 Å². The number of nitrogens with one attached hydrogen (secondary N) is 1. The molecule has 1 amide bonds. The topological polar surface area (TPSA) is 58.1 Å². The molecular formula is C19H17ClN4O. The van der Waals surface area contributed by atoms with Crippen LogP contribution in [0.1, 0.15) is 16.1 Å². The van der Waals surface area contributed by atoms with Gasteiger partial charge >= 0.3 is 0 Å². The molecule has 1 N–H and O–H groups in total. The minimum Gasteiger partial charge on any atom is -0.338 e. The van der Waals surface area contributed by atoms with Gasteiger partial charge in [0.1, 0.15) is 0 Å². The number of amides is 1. The molecule has 0 saturated heterocycles. The number of carbonyl (C=O) groups is 1. The van der Waals surface area contributed by atoms with Crippen molar-refractivity contribution in [3.8, 4) is 0 Å². The number of nitrogens with zero attached hydrogens (tertiary/aromatic N) is 3. The Balaban J connectivity index is 1.76.